The van der Waals surface area contributed by atoms with E-state index in [9.17, 15) is 5.11 Å². The second-order valence-electron chi connectivity index (χ2n) is 4.85. The zero-order chi connectivity index (χ0) is 13.0. The van der Waals surface area contributed by atoms with Crippen molar-refractivity contribution in [3.63, 3.8) is 0 Å². The highest BCUT2D eigenvalue weighted by Crippen LogP contribution is 2.30. The second-order valence-corrected chi connectivity index (χ2v) is 6.17. The maximum absolute atomic E-state index is 9.37. The smallest absolute Gasteiger partial charge is 0.144 e. The lowest BCUT2D eigenvalue weighted by Gasteiger charge is -2.30. The predicted octanol–water partition coefficient (Wildman–Crippen LogP) is 3.71. The van der Waals surface area contributed by atoms with Crippen molar-refractivity contribution >= 4 is 33.3 Å². The Kier molecular flexibility index (Phi) is 5.27. The van der Waals surface area contributed by atoms with E-state index in [1.54, 1.807) is 6.20 Å². The molecular formula is C13H18BrClN2O. The van der Waals surface area contributed by atoms with E-state index >= 15 is 0 Å². The van der Waals surface area contributed by atoms with Crippen LogP contribution in [-0.2, 0) is 0 Å². The number of hydrogen-bond donors (Lipinski definition) is 2. The first kappa shape index (κ1) is 14.1. The van der Waals surface area contributed by atoms with Crippen molar-refractivity contribution in [2.75, 3.05) is 18.5 Å². The van der Waals surface area contributed by atoms with E-state index in [4.69, 9.17) is 11.6 Å². The highest BCUT2D eigenvalue weighted by atomic mass is 79.9. The SMILES string of the molecule is OCC1CCCCC1CNc1ncc(Br)cc1Cl. The molecule has 2 N–H and O–H groups in total. The molecule has 100 valence electrons. The predicted molar refractivity (Wildman–Crippen MR) is 78.0 cm³/mol. The van der Waals surface area contributed by atoms with Crippen molar-refractivity contribution in [3.05, 3.63) is 21.8 Å². The van der Waals surface area contributed by atoms with Gasteiger partial charge in [0.25, 0.3) is 0 Å². The average molecular weight is 334 g/mol. The van der Waals surface area contributed by atoms with Gasteiger partial charge in [-0.05, 0) is 46.7 Å². The first-order chi connectivity index (χ1) is 8.70. The summed E-state index contributed by atoms with van der Waals surface area (Å²) < 4.78 is 0.879. The summed E-state index contributed by atoms with van der Waals surface area (Å²) in [4.78, 5) is 4.26. The number of pyridine rings is 1. The minimum atomic E-state index is 0.286. The number of halogens is 2. The first-order valence-electron chi connectivity index (χ1n) is 6.36. The topological polar surface area (TPSA) is 45.1 Å². The van der Waals surface area contributed by atoms with Crippen molar-refractivity contribution in [3.8, 4) is 0 Å². The number of hydrogen-bond acceptors (Lipinski definition) is 3. The molecular weight excluding hydrogens is 316 g/mol. The molecule has 2 rings (SSSR count). The molecule has 1 fully saturated rings. The Labute approximate surface area is 121 Å². The molecule has 1 aromatic heterocycles. The third-order valence-corrected chi connectivity index (χ3v) is 4.36. The van der Waals surface area contributed by atoms with Crippen LogP contribution in [0, 0.1) is 11.8 Å². The molecule has 0 saturated heterocycles. The second kappa shape index (κ2) is 6.73. The van der Waals surface area contributed by atoms with Gasteiger partial charge in [0.15, 0.2) is 0 Å². The first-order valence-corrected chi connectivity index (χ1v) is 7.53. The van der Waals surface area contributed by atoms with Crippen molar-refractivity contribution in [2.45, 2.75) is 25.7 Å². The third-order valence-electron chi connectivity index (χ3n) is 3.64. The van der Waals surface area contributed by atoms with Gasteiger partial charge in [0.05, 0.1) is 5.02 Å². The molecule has 1 saturated carbocycles. The van der Waals surface area contributed by atoms with E-state index in [2.05, 4.69) is 26.2 Å². The molecule has 0 radical (unpaired) electrons. The number of rotatable bonds is 4. The van der Waals surface area contributed by atoms with Crippen LogP contribution in [0.25, 0.3) is 0 Å². The van der Waals surface area contributed by atoms with E-state index in [0.717, 1.165) is 23.3 Å². The highest BCUT2D eigenvalue weighted by molar-refractivity contribution is 9.10. The van der Waals surface area contributed by atoms with Crippen LogP contribution >= 0.6 is 27.5 Å². The van der Waals surface area contributed by atoms with Crippen LogP contribution in [0.2, 0.25) is 5.02 Å². The molecule has 0 spiro atoms. The number of aliphatic hydroxyl groups is 1. The number of aromatic nitrogens is 1. The Morgan fingerprint density at radius 2 is 2.11 bits per heavy atom. The van der Waals surface area contributed by atoms with Crippen LogP contribution in [0.1, 0.15) is 25.7 Å². The van der Waals surface area contributed by atoms with Gasteiger partial charge < -0.3 is 10.4 Å². The Morgan fingerprint density at radius 3 is 2.78 bits per heavy atom. The van der Waals surface area contributed by atoms with Gasteiger partial charge in [-0.2, -0.15) is 0 Å². The average Bonchev–Trinajstić information content (AvgIpc) is 2.38. The summed E-state index contributed by atoms with van der Waals surface area (Å²) in [5, 5.41) is 13.3. The van der Waals surface area contributed by atoms with E-state index in [1.165, 1.54) is 19.3 Å². The molecule has 0 aromatic carbocycles. The van der Waals surface area contributed by atoms with E-state index in [-0.39, 0.29) is 6.61 Å². The number of aliphatic hydroxyl groups excluding tert-OH is 1. The molecule has 1 heterocycles. The highest BCUT2D eigenvalue weighted by Gasteiger charge is 2.24. The lowest BCUT2D eigenvalue weighted by molar-refractivity contribution is 0.141. The van der Waals surface area contributed by atoms with Gasteiger partial charge in [-0.15, -0.1) is 0 Å². The quantitative estimate of drug-likeness (QED) is 0.883. The molecule has 3 nitrogen and oxygen atoms in total. The number of nitrogens with one attached hydrogen (secondary N) is 1. The molecule has 1 aliphatic rings. The zero-order valence-corrected chi connectivity index (χ0v) is 12.5. The monoisotopic (exact) mass is 332 g/mol. The summed E-state index contributed by atoms with van der Waals surface area (Å²) in [5.41, 5.74) is 0. The fourth-order valence-electron chi connectivity index (χ4n) is 2.57. The lowest BCUT2D eigenvalue weighted by atomic mass is 9.79. The zero-order valence-electron chi connectivity index (χ0n) is 10.2. The summed E-state index contributed by atoms with van der Waals surface area (Å²) in [6, 6.07) is 1.83. The van der Waals surface area contributed by atoms with Crippen molar-refractivity contribution in [1.82, 2.24) is 4.98 Å². The summed E-state index contributed by atoms with van der Waals surface area (Å²) in [5.74, 6) is 1.66. The van der Waals surface area contributed by atoms with E-state index < -0.39 is 0 Å². The van der Waals surface area contributed by atoms with Crippen molar-refractivity contribution in [1.29, 1.82) is 0 Å². The van der Waals surface area contributed by atoms with Gasteiger partial charge >= 0.3 is 0 Å². The maximum Gasteiger partial charge on any atom is 0.144 e. The van der Waals surface area contributed by atoms with Crippen molar-refractivity contribution < 1.29 is 5.11 Å². The molecule has 0 bridgehead atoms. The summed E-state index contributed by atoms with van der Waals surface area (Å²) in [7, 11) is 0. The minimum absolute atomic E-state index is 0.286. The fraction of sp³-hybridized carbons (Fsp3) is 0.615. The van der Waals surface area contributed by atoms with Gasteiger partial charge in [-0.3, -0.25) is 0 Å². The summed E-state index contributed by atoms with van der Waals surface area (Å²) in [6.07, 6.45) is 6.53. The van der Waals surface area contributed by atoms with E-state index in [1.807, 2.05) is 6.07 Å². The normalized spacial score (nSPS) is 23.9. The van der Waals surface area contributed by atoms with Crippen LogP contribution in [0.5, 0.6) is 0 Å². The lowest BCUT2D eigenvalue weighted by Crippen LogP contribution is -2.28. The molecule has 0 aliphatic heterocycles. The van der Waals surface area contributed by atoms with Gasteiger partial charge in [-0.25, -0.2) is 4.98 Å². The standard InChI is InChI=1S/C13H18BrClN2O/c14-11-5-12(15)13(17-7-11)16-6-9-3-1-2-4-10(9)8-18/h5,7,9-10,18H,1-4,6,8H2,(H,16,17). The fourth-order valence-corrected chi connectivity index (χ4v) is 3.26. The van der Waals surface area contributed by atoms with Crippen LogP contribution < -0.4 is 5.32 Å². The molecule has 1 aromatic rings. The summed E-state index contributed by atoms with van der Waals surface area (Å²) in [6.45, 7) is 1.12. The Hall–Kier alpha value is -0.320. The largest absolute Gasteiger partial charge is 0.396 e. The molecule has 18 heavy (non-hydrogen) atoms. The van der Waals surface area contributed by atoms with Gasteiger partial charge in [0.2, 0.25) is 0 Å². The Bertz CT molecular complexity index is 403. The Balaban J connectivity index is 1.93. The van der Waals surface area contributed by atoms with Crippen LogP contribution in [0.3, 0.4) is 0 Å². The van der Waals surface area contributed by atoms with Crippen LogP contribution in [0.4, 0.5) is 5.82 Å². The minimum Gasteiger partial charge on any atom is -0.396 e. The number of anilines is 1. The third kappa shape index (κ3) is 3.59. The van der Waals surface area contributed by atoms with Gasteiger partial charge in [0, 0.05) is 23.8 Å². The van der Waals surface area contributed by atoms with Crippen LogP contribution in [-0.4, -0.2) is 23.2 Å². The molecule has 1 aliphatic carbocycles. The maximum atomic E-state index is 9.37. The van der Waals surface area contributed by atoms with Gasteiger partial charge in [-0.1, -0.05) is 24.4 Å². The van der Waals surface area contributed by atoms with Gasteiger partial charge in [0.1, 0.15) is 5.82 Å². The van der Waals surface area contributed by atoms with Crippen LogP contribution in [0.15, 0.2) is 16.7 Å². The number of nitrogens with zero attached hydrogens (tertiary/aromatic N) is 1. The Morgan fingerprint density at radius 1 is 1.39 bits per heavy atom. The van der Waals surface area contributed by atoms with Crippen molar-refractivity contribution in [2.24, 2.45) is 11.8 Å². The summed E-state index contributed by atoms with van der Waals surface area (Å²) >= 11 is 9.45. The molecule has 0 amide bonds. The molecule has 5 heteroatoms. The van der Waals surface area contributed by atoms with E-state index in [0.29, 0.717) is 16.9 Å². The molecule has 2 atom stereocenters. The molecule has 2 unspecified atom stereocenters.